The average Bonchev–Trinajstić information content (AvgIpc) is 3.84. The van der Waals surface area contributed by atoms with Gasteiger partial charge < -0.3 is 32.9 Å². The van der Waals surface area contributed by atoms with E-state index in [-0.39, 0.29) is 43.6 Å². The molecule has 0 saturated carbocycles. The Morgan fingerprint density at radius 2 is 1.55 bits per heavy atom. The first-order valence-corrected chi connectivity index (χ1v) is 21.1. The number of nitriles is 1. The first-order valence-electron chi connectivity index (χ1n) is 20.0. The summed E-state index contributed by atoms with van der Waals surface area (Å²) >= 11 is 0. The van der Waals surface area contributed by atoms with Gasteiger partial charge in [0.05, 0.1) is 52.4 Å². The molecular formula is C44H55N8O7P. The van der Waals surface area contributed by atoms with Crippen LogP contribution in [0.5, 0.6) is 11.5 Å². The maximum atomic E-state index is 12.1. The zero-order chi connectivity index (χ0) is 43.0. The smallest absolute Gasteiger partial charge is 0.259 e. The fourth-order valence-corrected chi connectivity index (χ4v) is 9.22. The van der Waals surface area contributed by atoms with Gasteiger partial charge in [0.25, 0.3) is 8.53 Å². The molecule has 1 saturated heterocycles. The molecule has 2 aromatic heterocycles. The van der Waals surface area contributed by atoms with E-state index >= 15 is 0 Å². The Balaban J connectivity index is 1.46. The monoisotopic (exact) mass is 838 g/mol. The number of aromatic nitrogens is 4. The third-order valence-corrected chi connectivity index (χ3v) is 12.3. The van der Waals surface area contributed by atoms with Crippen LogP contribution in [0, 0.1) is 11.3 Å². The standard InChI is InChI=1S/C44H55N8O7P/c1-29(2)52(30(3)4)60(57-25-13-24-45)59-37-26-39(51-28-46-40-41(50(6)7)48-43(47-31(5)53)49-42(40)51)58-38(37)27-56-44(32-14-11-10-12-15-32,33-16-20-35(54-8)21-17-33)34-18-22-36(55-9)23-19-34/h10-12,14-23,28-30,37-39H,13,25-27H2,1-9H3,(H,47,48,49,53)/t37-,38+,39+,60?/m0/s1. The van der Waals surface area contributed by atoms with Crippen molar-refractivity contribution in [3.63, 3.8) is 0 Å². The van der Waals surface area contributed by atoms with Crippen LogP contribution in [-0.2, 0) is 28.9 Å². The molecule has 4 atom stereocenters. The summed E-state index contributed by atoms with van der Waals surface area (Å²) < 4.78 is 43.0. The summed E-state index contributed by atoms with van der Waals surface area (Å²) in [5.41, 5.74) is 2.56. The Morgan fingerprint density at radius 1 is 0.950 bits per heavy atom. The van der Waals surface area contributed by atoms with E-state index in [4.69, 9.17) is 38.0 Å². The molecule has 0 aliphatic carbocycles. The average molecular weight is 839 g/mol. The van der Waals surface area contributed by atoms with E-state index in [1.165, 1.54) is 6.92 Å². The number of nitrogens with one attached hydrogen (secondary N) is 1. The largest absolute Gasteiger partial charge is 0.497 e. The lowest BCUT2D eigenvalue weighted by atomic mass is 9.80. The third kappa shape index (κ3) is 9.71. The predicted octanol–water partition coefficient (Wildman–Crippen LogP) is 7.83. The van der Waals surface area contributed by atoms with Gasteiger partial charge in [0.15, 0.2) is 17.0 Å². The van der Waals surface area contributed by atoms with Gasteiger partial charge >= 0.3 is 0 Å². The highest BCUT2D eigenvalue weighted by Crippen LogP contribution is 2.51. The fraction of sp³-hybridized carbons (Fsp3) is 0.432. The molecule has 3 aromatic carbocycles. The van der Waals surface area contributed by atoms with Crippen molar-refractivity contribution in [1.29, 1.82) is 5.26 Å². The van der Waals surface area contributed by atoms with E-state index in [1.807, 2.05) is 90.3 Å². The molecule has 1 fully saturated rings. The van der Waals surface area contributed by atoms with Crippen molar-refractivity contribution >= 4 is 37.4 Å². The second-order valence-electron chi connectivity index (χ2n) is 15.1. The Bertz CT molecular complexity index is 2160. The van der Waals surface area contributed by atoms with Crippen molar-refractivity contribution in [3.8, 4) is 17.6 Å². The molecular weight excluding hydrogens is 784 g/mol. The van der Waals surface area contributed by atoms with Gasteiger partial charge in [-0.05, 0) is 68.7 Å². The number of carbonyl (C=O) groups is 1. The Morgan fingerprint density at radius 3 is 2.08 bits per heavy atom. The van der Waals surface area contributed by atoms with Gasteiger partial charge in [0.1, 0.15) is 29.4 Å². The molecule has 3 heterocycles. The molecule has 0 spiro atoms. The maximum Gasteiger partial charge on any atom is 0.259 e. The summed E-state index contributed by atoms with van der Waals surface area (Å²) in [5.74, 6) is 1.82. The number of imidazole rings is 1. The number of fused-ring (bicyclic) bond motifs is 1. The second kappa shape index (κ2) is 19.9. The van der Waals surface area contributed by atoms with Crippen molar-refractivity contribution in [1.82, 2.24) is 24.2 Å². The zero-order valence-corrected chi connectivity index (χ0v) is 36.6. The first kappa shape index (κ1) is 44.4. The van der Waals surface area contributed by atoms with Gasteiger partial charge in [-0.1, -0.05) is 54.6 Å². The van der Waals surface area contributed by atoms with Crippen LogP contribution in [0.2, 0.25) is 0 Å². The summed E-state index contributed by atoms with van der Waals surface area (Å²) in [7, 11) is 5.34. The number of hydrogen-bond donors (Lipinski definition) is 1. The Labute approximate surface area is 353 Å². The summed E-state index contributed by atoms with van der Waals surface area (Å²) in [6, 6.07) is 28.2. The topological polar surface area (TPSA) is 158 Å². The molecule has 15 nitrogen and oxygen atoms in total. The highest BCUT2D eigenvalue weighted by molar-refractivity contribution is 7.44. The quantitative estimate of drug-likeness (QED) is 0.0488. The molecule has 1 unspecified atom stereocenters. The summed E-state index contributed by atoms with van der Waals surface area (Å²) in [6.07, 6.45) is 0.480. The van der Waals surface area contributed by atoms with Gasteiger partial charge in [-0.2, -0.15) is 15.2 Å². The van der Waals surface area contributed by atoms with Gasteiger partial charge in [0, 0.05) is 39.5 Å². The van der Waals surface area contributed by atoms with Gasteiger partial charge in [0.2, 0.25) is 11.9 Å². The van der Waals surface area contributed by atoms with Crippen molar-refractivity contribution < 1.29 is 32.8 Å². The van der Waals surface area contributed by atoms with Gasteiger partial charge in [-0.25, -0.2) is 9.65 Å². The van der Waals surface area contributed by atoms with E-state index in [9.17, 15) is 10.1 Å². The molecule has 318 valence electrons. The number of carbonyl (C=O) groups excluding carboxylic acids is 1. The predicted molar refractivity (Wildman–Crippen MR) is 231 cm³/mol. The highest BCUT2D eigenvalue weighted by atomic mass is 31.2. The number of hydrogen-bond acceptors (Lipinski definition) is 13. The number of ether oxygens (including phenoxy) is 4. The Hall–Kier alpha value is -5.20. The lowest BCUT2D eigenvalue weighted by molar-refractivity contribution is -0.114. The SMILES string of the molecule is COc1ccc(C(OC[C@H]2O[C@@H](n3cnc4c(N(C)C)nc(NC(C)=O)nc43)C[C@@H]2OP(OCCC#N)N(C(C)C)C(C)C)(c2ccccc2)c2ccc(OC)cc2)cc1. The molecule has 60 heavy (non-hydrogen) atoms. The van der Waals surface area contributed by atoms with Gasteiger partial charge in [-0.3, -0.25) is 14.7 Å². The van der Waals surface area contributed by atoms with Crippen LogP contribution in [0.1, 0.15) is 70.4 Å². The van der Waals surface area contributed by atoms with E-state index in [0.29, 0.717) is 34.9 Å². The van der Waals surface area contributed by atoms with Crippen molar-refractivity contribution in [2.24, 2.45) is 0 Å². The molecule has 0 radical (unpaired) electrons. The second-order valence-corrected chi connectivity index (χ2v) is 16.5. The minimum absolute atomic E-state index is 0.0767. The van der Waals surface area contributed by atoms with Crippen molar-refractivity contribution in [2.75, 3.05) is 51.7 Å². The Kier molecular flexibility index (Phi) is 14.7. The summed E-state index contributed by atoms with van der Waals surface area (Å²) in [6.45, 7) is 10.1. The third-order valence-electron chi connectivity index (χ3n) is 10.1. The van der Waals surface area contributed by atoms with Crippen LogP contribution < -0.4 is 19.7 Å². The molecule has 5 aromatic rings. The summed E-state index contributed by atoms with van der Waals surface area (Å²) in [5, 5.41) is 12.2. The van der Waals surface area contributed by atoms with Crippen LogP contribution in [0.25, 0.3) is 11.2 Å². The maximum absolute atomic E-state index is 12.1. The number of nitrogens with zero attached hydrogens (tertiary/aromatic N) is 7. The number of anilines is 2. The minimum Gasteiger partial charge on any atom is -0.497 e. The molecule has 1 aliphatic rings. The van der Waals surface area contributed by atoms with E-state index in [0.717, 1.165) is 16.7 Å². The fourth-order valence-electron chi connectivity index (χ4n) is 7.46. The first-order chi connectivity index (χ1) is 28.9. The number of amides is 1. The minimum atomic E-state index is -1.66. The van der Waals surface area contributed by atoms with Crippen LogP contribution >= 0.6 is 8.53 Å². The van der Waals surface area contributed by atoms with Crippen molar-refractivity contribution in [2.45, 2.75) is 83.6 Å². The van der Waals surface area contributed by atoms with E-state index < -0.39 is 32.6 Å². The van der Waals surface area contributed by atoms with Crippen LogP contribution in [-0.4, -0.2) is 95.9 Å². The number of rotatable bonds is 19. The molecule has 0 bridgehead atoms. The molecule has 1 N–H and O–H groups in total. The number of benzene rings is 3. The lowest BCUT2D eigenvalue weighted by Gasteiger charge is -2.39. The van der Waals surface area contributed by atoms with Crippen LogP contribution in [0.15, 0.2) is 85.2 Å². The lowest BCUT2D eigenvalue weighted by Crippen LogP contribution is -2.39. The summed E-state index contributed by atoms with van der Waals surface area (Å²) in [4.78, 5) is 28.0. The molecule has 1 aliphatic heterocycles. The van der Waals surface area contributed by atoms with Crippen LogP contribution in [0.4, 0.5) is 11.8 Å². The number of methoxy groups -OCH3 is 2. The van der Waals surface area contributed by atoms with E-state index in [2.05, 4.69) is 60.9 Å². The van der Waals surface area contributed by atoms with E-state index in [1.54, 1.807) is 20.5 Å². The van der Waals surface area contributed by atoms with Crippen LogP contribution in [0.3, 0.4) is 0 Å². The van der Waals surface area contributed by atoms with Crippen molar-refractivity contribution in [3.05, 3.63) is 102 Å². The molecule has 1 amide bonds. The highest BCUT2D eigenvalue weighted by Gasteiger charge is 2.45. The normalized spacial score (nSPS) is 17.3. The van der Waals surface area contributed by atoms with Gasteiger partial charge in [-0.15, -0.1) is 0 Å². The zero-order valence-electron chi connectivity index (χ0n) is 35.7. The molecule has 6 rings (SSSR count). The molecule has 16 heteroatoms.